The van der Waals surface area contributed by atoms with E-state index in [4.69, 9.17) is 0 Å². The van der Waals surface area contributed by atoms with Gasteiger partial charge in [0.2, 0.25) is 0 Å². The quantitative estimate of drug-likeness (QED) is 0.860. The Bertz CT molecular complexity index is 556. The van der Waals surface area contributed by atoms with Crippen molar-refractivity contribution >= 4 is 5.65 Å². The van der Waals surface area contributed by atoms with Crippen LogP contribution in [0.5, 0.6) is 0 Å². The summed E-state index contributed by atoms with van der Waals surface area (Å²) in [7, 11) is 0. The highest BCUT2D eigenvalue weighted by atomic mass is 15.2. The van der Waals surface area contributed by atoms with Crippen LogP contribution in [-0.2, 0) is 6.42 Å². The fourth-order valence-corrected chi connectivity index (χ4v) is 3.04. The van der Waals surface area contributed by atoms with Crippen LogP contribution in [-0.4, -0.2) is 27.2 Å². The van der Waals surface area contributed by atoms with Crippen molar-refractivity contribution in [1.29, 1.82) is 0 Å². The zero-order valence-electron chi connectivity index (χ0n) is 11.1. The highest BCUT2D eigenvalue weighted by Crippen LogP contribution is 2.44. The van der Waals surface area contributed by atoms with E-state index in [-0.39, 0.29) is 0 Å². The molecule has 0 radical (unpaired) electrons. The highest BCUT2D eigenvalue weighted by molar-refractivity contribution is 5.36. The topological polar surface area (TPSA) is 42.2 Å². The van der Waals surface area contributed by atoms with E-state index in [2.05, 4.69) is 19.9 Å². The van der Waals surface area contributed by atoms with Gasteiger partial charge in [-0.2, -0.15) is 0 Å². The molecule has 2 saturated carbocycles. The predicted molar refractivity (Wildman–Crippen MR) is 73.9 cm³/mol. The first-order valence-electron chi connectivity index (χ1n) is 7.44. The van der Waals surface area contributed by atoms with Gasteiger partial charge in [-0.15, -0.1) is 10.2 Å². The summed E-state index contributed by atoms with van der Waals surface area (Å²) in [6.45, 7) is 1.02. The van der Waals surface area contributed by atoms with Gasteiger partial charge >= 0.3 is 0 Å². The van der Waals surface area contributed by atoms with Crippen LogP contribution in [0.1, 0.15) is 31.5 Å². The van der Waals surface area contributed by atoms with Gasteiger partial charge in [-0.05, 0) is 49.7 Å². The molecule has 2 aliphatic rings. The van der Waals surface area contributed by atoms with Crippen molar-refractivity contribution in [2.45, 2.75) is 38.1 Å². The number of hydrogen-bond donors (Lipinski definition) is 1. The van der Waals surface area contributed by atoms with Crippen LogP contribution in [0.4, 0.5) is 0 Å². The van der Waals surface area contributed by atoms with E-state index < -0.39 is 0 Å². The summed E-state index contributed by atoms with van der Waals surface area (Å²) in [5.74, 6) is 2.98. The number of nitrogens with one attached hydrogen (secondary N) is 1. The van der Waals surface area contributed by atoms with E-state index in [1.165, 1.54) is 25.7 Å². The van der Waals surface area contributed by atoms with Crippen molar-refractivity contribution in [3.8, 4) is 0 Å². The Kier molecular flexibility index (Phi) is 2.76. The zero-order valence-corrected chi connectivity index (χ0v) is 11.1. The van der Waals surface area contributed by atoms with Crippen molar-refractivity contribution in [3.05, 3.63) is 30.2 Å². The monoisotopic (exact) mass is 256 g/mol. The van der Waals surface area contributed by atoms with E-state index in [0.717, 1.165) is 42.3 Å². The van der Waals surface area contributed by atoms with Crippen molar-refractivity contribution in [1.82, 2.24) is 19.9 Å². The number of hydrogen-bond acceptors (Lipinski definition) is 3. The predicted octanol–water partition coefficient (Wildman–Crippen LogP) is 2.05. The lowest BCUT2D eigenvalue weighted by Gasteiger charge is -2.17. The summed E-state index contributed by atoms with van der Waals surface area (Å²) in [5, 5.41) is 12.2. The molecular weight excluding hydrogens is 236 g/mol. The third-order valence-electron chi connectivity index (χ3n) is 4.37. The van der Waals surface area contributed by atoms with E-state index in [0.29, 0.717) is 0 Å². The average molecular weight is 256 g/mol. The van der Waals surface area contributed by atoms with E-state index >= 15 is 0 Å². The van der Waals surface area contributed by atoms with Crippen LogP contribution in [0.25, 0.3) is 5.65 Å². The zero-order chi connectivity index (χ0) is 12.7. The SMILES string of the molecule is c1ccn2c(CCNC(C3CC3)C3CC3)nnc2c1. The molecule has 19 heavy (non-hydrogen) atoms. The summed E-state index contributed by atoms with van der Waals surface area (Å²) in [6.07, 6.45) is 8.74. The van der Waals surface area contributed by atoms with E-state index in [1.807, 2.05) is 24.4 Å². The molecule has 0 bridgehead atoms. The summed E-state index contributed by atoms with van der Waals surface area (Å²) in [4.78, 5) is 0. The number of fused-ring (bicyclic) bond motifs is 1. The number of aromatic nitrogens is 3. The Labute approximate surface area is 113 Å². The molecule has 2 aromatic rings. The molecule has 4 heteroatoms. The van der Waals surface area contributed by atoms with Crippen molar-refractivity contribution in [2.24, 2.45) is 11.8 Å². The molecule has 0 aromatic carbocycles. The first-order chi connectivity index (χ1) is 9.42. The third-order valence-corrected chi connectivity index (χ3v) is 4.37. The second kappa shape index (κ2) is 4.60. The summed E-state index contributed by atoms with van der Waals surface area (Å²) >= 11 is 0. The summed E-state index contributed by atoms with van der Waals surface area (Å²) in [6, 6.07) is 6.81. The van der Waals surface area contributed by atoms with Crippen LogP contribution in [0.3, 0.4) is 0 Å². The average Bonchev–Trinajstić information content (AvgIpc) is 3.34. The first-order valence-corrected chi connectivity index (χ1v) is 7.44. The van der Waals surface area contributed by atoms with Gasteiger partial charge in [0.1, 0.15) is 5.82 Å². The molecule has 0 unspecified atom stereocenters. The largest absolute Gasteiger partial charge is 0.313 e. The molecule has 2 aliphatic carbocycles. The fraction of sp³-hybridized carbons (Fsp3) is 0.600. The van der Waals surface area contributed by atoms with Crippen LogP contribution in [0.2, 0.25) is 0 Å². The Hall–Kier alpha value is -1.42. The smallest absolute Gasteiger partial charge is 0.160 e. The lowest BCUT2D eigenvalue weighted by atomic mass is 10.1. The minimum atomic E-state index is 0.777. The van der Waals surface area contributed by atoms with Gasteiger partial charge in [0.05, 0.1) is 0 Å². The molecule has 1 N–H and O–H groups in total. The fourth-order valence-electron chi connectivity index (χ4n) is 3.04. The number of pyridine rings is 1. The molecule has 0 atom stereocenters. The maximum absolute atomic E-state index is 4.29. The molecule has 4 rings (SSSR count). The summed E-state index contributed by atoms with van der Waals surface area (Å²) in [5.41, 5.74) is 0.943. The van der Waals surface area contributed by atoms with Crippen molar-refractivity contribution < 1.29 is 0 Å². The molecule has 2 aromatic heterocycles. The van der Waals surface area contributed by atoms with Gasteiger partial charge in [-0.1, -0.05) is 6.07 Å². The number of nitrogens with zero attached hydrogens (tertiary/aromatic N) is 3. The second-order valence-electron chi connectivity index (χ2n) is 5.95. The van der Waals surface area contributed by atoms with Gasteiger partial charge < -0.3 is 5.32 Å². The van der Waals surface area contributed by atoms with Crippen LogP contribution >= 0.6 is 0 Å². The Balaban J connectivity index is 1.39. The molecule has 2 fully saturated rings. The maximum atomic E-state index is 4.29. The lowest BCUT2D eigenvalue weighted by Crippen LogP contribution is -2.34. The molecule has 0 spiro atoms. The van der Waals surface area contributed by atoms with E-state index in [1.54, 1.807) is 0 Å². The second-order valence-corrected chi connectivity index (χ2v) is 5.95. The maximum Gasteiger partial charge on any atom is 0.160 e. The minimum Gasteiger partial charge on any atom is -0.313 e. The van der Waals surface area contributed by atoms with Gasteiger partial charge in [0, 0.05) is 25.2 Å². The summed E-state index contributed by atoms with van der Waals surface area (Å²) < 4.78 is 2.09. The van der Waals surface area contributed by atoms with Gasteiger partial charge in [-0.3, -0.25) is 4.40 Å². The van der Waals surface area contributed by atoms with Crippen molar-refractivity contribution in [3.63, 3.8) is 0 Å². The molecule has 4 nitrogen and oxygen atoms in total. The first kappa shape index (κ1) is 11.4. The molecule has 0 saturated heterocycles. The normalized spacial score (nSPS) is 19.4. The van der Waals surface area contributed by atoms with Gasteiger partial charge in [0.15, 0.2) is 5.65 Å². The van der Waals surface area contributed by atoms with Crippen LogP contribution < -0.4 is 5.32 Å². The minimum absolute atomic E-state index is 0.777. The highest BCUT2D eigenvalue weighted by Gasteiger charge is 2.40. The van der Waals surface area contributed by atoms with Gasteiger partial charge in [0.25, 0.3) is 0 Å². The third kappa shape index (κ3) is 2.37. The molecule has 2 heterocycles. The van der Waals surface area contributed by atoms with Crippen LogP contribution in [0, 0.1) is 11.8 Å². The Morgan fingerprint density at radius 3 is 2.68 bits per heavy atom. The Morgan fingerprint density at radius 2 is 1.95 bits per heavy atom. The van der Waals surface area contributed by atoms with E-state index in [9.17, 15) is 0 Å². The van der Waals surface area contributed by atoms with Crippen molar-refractivity contribution in [2.75, 3.05) is 6.54 Å². The number of rotatable bonds is 6. The lowest BCUT2D eigenvalue weighted by molar-refractivity contribution is 0.418. The van der Waals surface area contributed by atoms with Crippen LogP contribution in [0.15, 0.2) is 24.4 Å². The molecule has 0 aliphatic heterocycles. The molecule has 0 amide bonds. The molecular formula is C15H20N4. The Morgan fingerprint density at radius 1 is 1.16 bits per heavy atom. The standard InChI is InChI=1S/C15H20N4/c1-2-10-19-13(3-1)17-18-14(19)8-9-16-15(11-4-5-11)12-6-7-12/h1-3,10-12,15-16H,4-9H2. The van der Waals surface area contributed by atoms with Gasteiger partial charge in [-0.25, -0.2) is 0 Å². The molecule has 100 valence electrons.